The van der Waals surface area contributed by atoms with E-state index in [1.165, 1.54) is 0 Å². The van der Waals surface area contributed by atoms with Crippen LogP contribution in [0.25, 0.3) is 0 Å². The van der Waals surface area contributed by atoms with Gasteiger partial charge in [0.25, 0.3) is 0 Å². The van der Waals surface area contributed by atoms with Crippen LogP contribution in [0.1, 0.15) is 36.6 Å². The Morgan fingerprint density at radius 1 is 1.30 bits per heavy atom. The third-order valence-corrected chi connectivity index (χ3v) is 3.54. The highest BCUT2D eigenvalue weighted by Gasteiger charge is 2.14. The zero-order valence-electron chi connectivity index (χ0n) is 13.5. The van der Waals surface area contributed by atoms with Gasteiger partial charge in [0.2, 0.25) is 0 Å². The molecular weight excluding hydrogens is 252 g/mol. The lowest BCUT2D eigenvalue weighted by Crippen LogP contribution is -2.33. The van der Waals surface area contributed by atoms with E-state index in [-0.39, 0.29) is 0 Å². The summed E-state index contributed by atoms with van der Waals surface area (Å²) in [7, 11) is 3.46. The third-order valence-electron chi connectivity index (χ3n) is 3.54. The highest BCUT2D eigenvalue weighted by atomic mass is 16.5. The van der Waals surface area contributed by atoms with Crippen LogP contribution >= 0.6 is 0 Å². The van der Waals surface area contributed by atoms with Gasteiger partial charge in [-0.15, -0.1) is 0 Å². The zero-order valence-corrected chi connectivity index (χ0v) is 13.5. The van der Waals surface area contributed by atoms with Crippen LogP contribution in [0.15, 0.2) is 6.20 Å². The van der Waals surface area contributed by atoms with Crippen LogP contribution in [0, 0.1) is 13.8 Å². The van der Waals surface area contributed by atoms with E-state index in [0.717, 1.165) is 55.0 Å². The Morgan fingerprint density at radius 3 is 2.65 bits per heavy atom. The first-order valence-electron chi connectivity index (χ1n) is 7.35. The molecule has 0 fully saturated rings. The van der Waals surface area contributed by atoms with Crippen LogP contribution in [0.2, 0.25) is 0 Å². The smallest absolute Gasteiger partial charge is 0.128 e. The zero-order chi connectivity index (χ0) is 15.0. The van der Waals surface area contributed by atoms with Crippen molar-refractivity contribution in [3.05, 3.63) is 23.0 Å². The van der Waals surface area contributed by atoms with Crippen LogP contribution in [-0.4, -0.2) is 38.4 Å². The summed E-state index contributed by atoms with van der Waals surface area (Å²) in [6.07, 6.45) is 4.93. The number of aryl methyl sites for hydroxylation is 1. The Labute approximate surface area is 122 Å². The predicted octanol–water partition coefficient (Wildman–Crippen LogP) is 2.65. The first-order chi connectivity index (χ1) is 9.63. The summed E-state index contributed by atoms with van der Waals surface area (Å²) >= 11 is 0. The highest BCUT2D eigenvalue weighted by Crippen LogP contribution is 2.24. The van der Waals surface area contributed by atoms with E-state index in [4.69, 9.17) is 9.47 Å². The van der Waals surface area contributed by atoms with Crippen molar-refractivity contribution in [2.75, 3.05) is 27.4 Å². The number of nitrogens with one attached hydrogen (secondary N) is 1. The summed E-state index contributed by atoms with van der Waals surface area (Å²) in [6, 6.07) is 0.397. The van der Waals surface area contributed by atoms with Gasteiger partial charge in [-0.1, -0.05) is 6.92 Å². The minimum atomic E-state index is 0.397. The van der Waals surface area contributed by atoms with Gasteiger partial charge in [-0.2, -0.15) is 0 Å². The average Bonchev–Trinajstić information content (AvgIpc) is 2.45. The van der Waals surface area contributed by atoms with Crippen LogP contribution in [-0.2, 0) is 11.2 Å². The molecule has 1 unspecified atom stereocenters. The molecule has 0 bridgehead atoms. The lowest BCUT2D eigenvalue weighted by Gasteiger charge is -2.20. The molecule has 0 aliphatic heterocycles. The molecule has 4 nitrogen and oxygen atoms in total. The Morgan fingerprint density at radius 2 is 2.05 bits per heavy atom. The lowest BCUT2D eigenvalue weighted by molar-refractivity contribution is 0.182. The van der Waals surface area contributed by atoms with Crippen molar-refractivity contribution in [3.63, 3.8) is 0 Å². The van der Waals surface area contributed by atoms with Crippen LogP contribution in [0.3, 0.4) is 0 Å². The van der Waals surface area contributed by atoms with Gasteiger partial charge in [-0.25, -0.2) is 0 Å². The molecule has 0 saturated carbocycles. The van der Waals surface area contributed by atoms with E-state index in [2.05, 4.69) is 24.1 Å². The summed E-state index contributed by atoms with van der Waals surface area (Å²) in [5.74, 6) is 0.955. The molecule has 1 N–H and O–H groups in total. The topological polar surface area (TPSA) is 43.4 Å². The molecule has 4 heteroatoms. The molecule has 1 rings (SSSR count). The van der Waals surface area contributed by atoms with Crippen molar-refractivity contribution >= 4 is 0 Å². The molecule has 0 radical (unpaired) electrons. The molecule has 1 atom stereocenters. The molecule has 1 aromatic heterocycles. The molecular formula is C16H28N2O2. The summed E-state index contributed by atoms with van der Waals surface area (Å²) in [4.78, 5) is 4.58. The molecule has 1 heterocycles. The molecule has 0 aromatic carbocycles. The van der Waals surface area contributed by atoms with E-state index in [1.807, 2.05) is 13.1 Å². The Balaban J connectivity index is 2.81. The van der Waals surface area contributed by atoms with Crippen molar-refractivity contribution < 1.29 is 9.47 Å². The fraction of sp³-hybridized carbons (Fsp3) is 0.688. The predicted molar refractivity (Wildman–Crippen MR) is 82.5 cm³/mol. The number of methoxy groups -OCH3 is 2. The summed E-state index contributed by atoms with van der Waals surface area (Å²) in [6.45, 7) is 8.08. The maximum Gasteiger partial charge on any atom is 0.128 e. The van der Waals surface area contributed by atoms with Crippen molar-refractivity contribution in [2.45, 2.75) is 46.1 Å². The molecule has 114 valence electrons. The Hall–Kier alpha value is -1.13. The quantitative estimate of drug-likeness (QED) is 0.755. The minimum absolute atomic E-state index is 0.397. The number of rotatable bonds is 9. The standard InChI is InChI=1S/C16H28N2O2/c1-6-8-17-14(7-9-19-4)10-15-13(3)16(20-5)12(2)11-18-15/h11,14,17H,6-10H2,1-5H3. The van der Waals surface area contributed by atoms with Gasteiger partial charge in [0.05, 0.1) is 7.11 Å². The first-order valence-corrected chi connectivity index (χ1v) is 7.35. The van der Waals surface area contributed by atoms with Gasteiger partial charge in [-0.05, 0) is 33.2 Å². The monoisotopic (exact) mass is 280 g/mol. The van der Waals surface area contributed by atoms with Crippen molar-refractivity contribution in [1.82, 2.24) is 10.3 Å². The molecule has 20 heavy (non-hydrogen) atoms. The molecule has 0 amide bonds. The fourth-order valence-corrected chi connectivity index (χ4v) is 2.40. The van der Waals surface area contributed by atoms with Gasteiger partial charge in [0.15, 0.2) is 0 Å². The van der Waals surface area contributed by atoms with Gasteiger partial charge in [0.1, 0.15) is 5.75 Å². The summed E-state index contributed by atoms with van der Waals surface area (Å²) < 4.78 is 10.7. The maximum atomic E-state index is 5.48. The summed E-state index contributed by atoms with van der Waals surface area (Å²) in [5, 5.41) is 3.57. The number of nitrogens with zero attached hydrogens (tertiary/aromatic N) is 1. The molecule has 1 aromatic rings. The Kier molecular flexibility index (Phi) is 7.55. The fourth-order valence-electron chi connectivity index (χ4n) is 2.40. The summed E-state index contributed by atoms with van der Waals surface area (Å²) in [5.41, 5.74) is 3.34. The van der Waals surface area contributed by atoms with Crippen LogP contribution < -0.4 is 10.1 Å². The van der Waals surface area contributed by atoms with E-state index in [1.54, 1.807) is 14.2 Å². The minimum Gasteiger partial charge on any atom is -0.496 e. The van der Waals surface area contributed by atoms with Gasteiger partial charge >= 0.3 is 0 Å². The molecule has 0 saturated heterocycles. The number of aromatic nitrogens is 1. The second kappa shape index (κ2) is 8.93. The van der Waals surface area contributed by atoms with Gasteiger partial charge in [-0.3, -0.25) is 4.98 Å². The number of hydrogen-bond donors (Lipinski definition) is 1. The van der Waals surface area contributed by atoms with E-state index in [9.17, 15) is 0 Å². The van der Waals surface area contributed by atoms with Crippen molar-refractivity contribution in [2.24, 2.45) is 0 Å². The normalized spacial score (nSPS) is 12.4. The first kappa shape index (κ1) is 16.9. The highest BCUT2D eigenvalue weighted by molar-refractivity contribution is 5.41. The molecule has 0 aliphatic rings. The van der Waals surface area contributed by atoms with Gasteiger partial charge in [0, 0.05) is 49.2 Å². The third kappa shape index (κ3) is 4.76. The van der Waals surface area contributed by atoms with Crippen LogP contribution in [0.4, 0.5) is 0 Å². The second-order valence-electron chi connectivity index (χ2n) is 5.18. The molecule has 0 spiro atoms. The van der Waals surface area contributed by atoms with Gasteiger partial charge < -0.3 is 14.8 Å². The lowest BCUT2D eigenvalue weighted by atomic mass is 10.0. The van der Waals surface area contributed by atoms with E-state index >= 15 is 0 Å². The van der Waals surface area contributed by atoms with Crippen molar-refractivity contribution in [1.29, 1.82) is 0 Å². The second-order valence-corrected chi connectivity index (χ2v) is 5.18. The average molecular weight is 280 g/mol. The largest absolute Gasteiger partial charge is 0.496 e. The Bertz CT molecular complexity index is 400. The number of pyridine rings is 1. The number of ether oxygens (including phenoxy) is 2. The maximum absolute atomic E-state index is 5.48. The van der Waals surface area contributed by atoms with Crippen molar-refractivity contribution in [3.8, 4) is 5.75 Å². The van der Waals surface area contributed by atoms with E-state index in [0.29, 0.717) is 6.04 Å². The van der Waals surface area contributed by atoms with E-state index < -0.39 is 0 Å². The number of hydrogen-bond acceptors (Lipinski definition) is 4. The SMILES string of the molecule is CCCNC(CCOC)Cc1ncc(C)c(OC)c1C. The van der Waals surface area contributed by atoms with Crippen LogP contribution in [0.5, 0.6) is 5.75 Å². The molecule has 0 aliphatic carbocycles.